The highest BCUT2D eigenvalue weighted by Crippen LogP contribution is 2.48. The molecule has 50 heavy (non-hydrogen) atoms. The number of carboxylic acids is 2. The van der Waals surface area contributed by atoms with Gasteiger partial charge in [0.05, 0.1) is 11.3 Å². The Morgan fingerprint density at radius 2 is 1.80 bits per heavy atom. The number of carbonyl (C=O) groups is 3. The second-order valence-corrected chi connectivity index (χ2v) is 14.8. The van der Waals surface area contributed by atoms with Gasteiger partial charge in [0, 0.05) is 58.2 Å². The summed E-state index contributed by atoms with van der Waals surface area (Å²) in [6, 6.07) is 13.3. The molecule has 2 aliphatic heterocycles. The normalized spacial score (nSPS) is 19.6. The molecule has 2 aliphatic carbocycles. The quantitative estimate of drug-likeness (QED) is 0.0370. The van der Waals surface area contributed by atoms with E-state index in [1.807, 2.05) is 11.8 Å². The SMILES string of the molecule is O=C(O)CCCC[C@@H]1SCC2C/C(=N/NC(=O)CSCC(O)=[NH+]c3ccc(-c4c5ccc(=O)cc-5oc5cc(O)ccc45)c(C(=O)O)c3)CC21. The number of nitrogens with zero attached hydrogens (tertiary/aromatic N) is 1. The van der Waals surface area contributed by atoms with Crippen LogP contribution < -0.4 is 15.8 Å². The molecule has 0 radical (unpaired) electrons. The molecule has 1 saturated carbocycles. The van der Waals surface area contributed by atoms with Crippen molar-refractivity contribution in [2.24, 2.45) is 16.9 Å². The average molecular weight is 719 g/mol. The van der Waals surface area contributed by atoms with E-state index in [0.717, 1.165) is 37.1 Å². The van der Waals surface area contributed by atoms with Gasteiger partial charge in [-0.15, -0.1) is 11.8 Å². The molecule has 14 heteroatoms. The lowest BCUT2D eigenvalue weighted by atomic mass is 9.90. The van der Waals surface area contributed by atoms with Gasteiger partial charge in [-0.25, -0.2) is 10.2 Å². The standard InChI is InChI=1S/C36H35N3O9S2/c40-22-6-9-25-29(14-22)48-30-15-23(41)7-10-26(30)35(25)24-8-5-20(12-28(24)36(46)47)37-32(42)17-49-18-33(43)39-38-21-11-19-16-50-31(27(19)13-21)3-1-2-4-34(44)45/h5-10,12,14-15,19,27,31,40H,1-4,11,13,16-18H2,(H,37,42)(H,39,43)(H,44,45)(H,46,47)/p+1/b38-21-/t19?,27?,31-/m0/s1. The zero-order valence-corrected chi connectivity index (χ0v) is 28.5. The minimum Gasteiger partial charge on any atom is -0.508 e. The Balaban J connectivity index is 1.07. The van der Waals surface area contributed by atoms with Crippen LogP contribution in [0.4, 0.5) is 5.69 Å². The number of hydrogen-bond donors (Lipinski definition) is 6. The van der Waals surface area contributed by atoms with Crippen molar-refractivity contribution in [1.82, 2.24) is 5.43 Å². The van der Waals surface area contributed by atoms with Crippen molar-refractivity contribution < 1.29 is 44.2 Å². The number of nitrogens with one attached hydrogen (secondary N) is 2. The first-order valence-corrected chi connectivity index (χ1v) is 18.4. The number of aromatic hydroxyl groups is 1. The number of phenols is 1. The van der Waals surface area contributed by atoms with Crippen LogP contribution in [0.15, 0.2) is 68.9 Å². The van der Waals surface area contributed by atoms with E-state index < -0.39 is 11.9 Å². The maximum Gasteiger partial charge on any atom is 0.348 e. The predicted octanol–water partition coefficient (Wildman–Crippen LogP) is 4.63. The molecule has 0 bridgehead atoms. The molecule has 2 heterocycles. The van der Waals surface area contributed by atoms with E-state index in [1.165, 1.54) is 42.1 Å². The number of hydrazone groups is 1. The fraction of sp³-hybridized carbons (Fsp3) is 0.333. The van der Waals surface area contributed by atoms with Gasteiger partial charge >= 0.3 is 17.8 Å². The molecule has 12 nitrogen and oxygen atoms in total. The average Bonchev–Trinajstić information content (AvgIpc) is 3.65. The summed E-state index contributed by atoms with van der Waals surface area (Å²) in [6.45, 7) is 0. The maximum absolute atomic E-state index is 12.5. The first-order valence-electron chi connectivity index (χ1n) is 16.2. The van der Waals surface area contributed by atoms with E-state index >= 15 is 0 Å². The zero-order valence-electron chi connectivity index (χ0n) is 26.9. The number of aromatic carboxylic acids is 1. The Kier molecular flexibility index (Phi) is 10.8. The highest BCUT2D eigenvalue weighted by atomic mass is 32.2. The molecule has 260 valence electrons. The molecule has 0 aromatic heterocycles. The summed E-state index contributed by atoms with van der Waals surface area (Å²) in [5.41, 5.74) is 5.22. The summed E-state index contributed by atoms with van der Waals surface area (Å²) < 4.78 is 5.87. The number of aliphatic hydroxyl groups excluding tert-OH is 1. The van der Waals surface area contributed by atoms with Gasteiger partial charge in [0.2, 0.25) is 11.6 Å². The van der Waals surface area contributed by atoms with Crippen LogP contribution in [0.1, 0.15) is 48.9 Å². The van der Waals surface area contributed by atoms with Crippen LogP contribution in [0.25, 0.3) is 33.4 Å². The molecule has 2 fully saturated rings. The first kappa shape index (κ1) is 35.0. The van der Waals surface area contributed by atoms with Gasteiger partial charge in [0.15, 0.2) is 5.43 Å². The largest absolute Gasteiger partial charge is 0.508 e. The van der Waals surface area contributed by atoms with Crippen molar-refractivity contribution in [2.75, 3.05) is 17.3 Å². The number of aliphatic hydroxyl groups is 1. The Morgan fingerprint density at radius 3 is 2.60 bits per heavy atom. The summed E-state index contributed by atoms with van der Waals surface area (Å²) >= 11 is 3.13. The van der Waals surface area contributed by atoms with Gasteiger partial charge in [0.25, 0.3) is 0 Å². The minimum absolute atomic E-state index is 0.0509. The van der Waals surface area contributed by atoms with Crippen LogP contribution in [-0.4, -0.2) is 72.4 Å². The highest BCUT2D eigenvalue weighted by molar-refractivity contribution is 8.00. The van der Waals surface area contributed by atoms with Gasteiger partial charge in [-0.1, -0.05) is 6.42 Å². The van der Waals surface area contributed by atoms with Gasteiger partial charge < -0.3 is 24.8 Å². The van der Waals surface area contributed by atoms with E-state index in [-0.39, 0.29) is 57.8 Å². The van der Waals surface area contributed by atoms with Crippen molar-refractivity contribution in [3.8, 4) is 28.2 Å². The minimum atomic E-state index is -1.21. The number of phenolic OH excluding ortho intramolecular Hbond substituents is 1. The molecule has 4 aliphatic rings. The number of rotatable bonds is 13. The van der Waals surface area contributed by atoms with Gasteiger partial charge in [-0.2, -0.15) is 21.9 Å². The third-order valence-corrected chi connectivity index (χ3v) is 11.6. The molecule has 1 saturated heterocycles. The summed E-state index contributed by atoms with van der Waals surface area (Å²) in [6.07, 6.45) is 4.48. The van der Waals surface area contributed by atoms with Crippen LogP contribution in [0.3, 0.4) is 0 Å². The third-order valence-electron chi connectivity index (χ3n) is 9.00. The third kappa shape index (κ3) is 8.13. The number of fused-ring (bicyclic) bond motifs is 3. The summed E-state index contributed by atoms with van der Waals surface area (Å²) in [5, 5.41) is 45.0. The molecule has 2 aromatic carbocycles. The predicted molar refractivity (Wildman–Crippen MR) is 193 cm³/mol. The van der Waals surface area contributed by atoms with Crippen LogP contribution in [0.5, 0.6) is 5.75 Å². The smallest absolute Gasteiger partial charge is 0.348 e. The van der Waals surface area contributed by atoms with Crippen LogP contribution in [0, 0.1) is 11.8 Å². The summed E-state index contributed by atoms with van der Waals surface area (Å²) in [5.74, 6) is -0.0328. The van der Waals surface area contributed by atoms with E-state index in [9.17, 15) is 34.5 Å². The first-order chi connectivity index (χ1) is 24.0. The van der Waals surface area contributed by atoms with Crippen LogP contribution >= 0.6 is 23.5 Å². The highest BCUT2D eigenvalue weighted by Gasteiger charge is 2.42. The molecule has 1 amide bonds. The van der Waals surface area contributed by atoms with Crippen molar-refractivity contribution >= 4 is 69.6 Å². The number of carboxylic acid groups (broad SMARTS) is 2. The lowest BCUT2D eigenvalue weighted by molar-refractivity contribution is -0.365. The number of benzene rings is 3. The topological polar surface area (TPSA) is 201 Å². The molecule has 2 unspecified atom stereocenters. The van der Waals surface area contributed by atoms with Crippen LogP contribution in [0.2, 0.25) is 0 Å². The molecule has 2 aromatic rings. The van der Waals surface area contributed by atoms with E-state index in [2.05, 4.69) is 15.5 Å². The Hall–Kier alpha value is -4.82. The summed E-state index contributed by atoms with van der Waals surface area (Å²) in [4.78, 5) is 50.6. The van der Waals surface area contributed by atoms with Gasteiger partial charge in [-0.05, 0) is 79.2 Å². The van der Waals surface area contributed by atoms with Gasteiger partial charge in [0.1, 0.15) is 22.8 Å². The number of thioether (sulfide) groups is 2. The van der Waals surface area contributed by atoms with Crippen molar-refractivity contribution in [2.45, 2.75) is 43.8 Å². The number of carbonyl (C=O) groups excluding carboxylic acids is 1. The van der Waals surface area contributed by atoms with Crippen molar-refractivity contribution in [1.29, 1.82) is 0 Å². The van der Waals surface area contributed by atoms with Crippen LogP contribution in [-0.2, 0) is 9.59 Å². The second-order valence-electron chi connectivity index (χ2n) is 12.5. The van der Waals surface area contributed by atoms with E-state index in [4.69, 9.17) is 9.52 Å². The Bertz CT molecular complexity index is 2040. The lowest BCUT2D eigenvalue weighted by Crippen LogP contribution is -2.67. The molecule has 0 spiro atoms. The second kappa shape index (κ2) is 15.4. The molecule has 3 atom stereocenters. The van der Waals surface area contributed by atoms with E-state index in [1.54, 1.807) is 24.3 Å². The fourth-order valence-corrected chi connectivity index (χ4v) is 9.13. The van der Waals surface area contributed by atoms with E-state index in [0.29, 0.717) is 51.3 Å². The number of unbranched alkanes of at least 4 members (excludes halogenated alkanes) is 1. The Labute approximate surface area is 295 Å². The monoisotopic (exact) mass is 718 g/mol. The molecular formula is C36H36N3O9S2+. The lowest BCUT2D eigenvalue weighted by Gasteiger charge is -2.16. The fourth-order valence-electron chi connectivity index (χ4n) is 6.76. The number of aliphatic carboxylic acids is 1. The zero-order chi connectivity index (χ0) is 35.4. The van der Waals surface area contributed by atoms with Crippen molar-refractivity contribution in [3.05, 3.63) is 70.4 Å². The molecule has 6 rings (SSSR count). The number of hydrogen-bond acceptors (Lipinski definition) is 9. The Morgan fingerprint density at radius 1 is 0.980 bits per heavy atom. The number of amides is 1. The molecule has 6 N–H and O–H groups in total. The maximum atomic E-state index is 12.5. The molecular weight excluding hydrogens is 683 g/mol. The summed E-state index contributed by atoms with van der Waals surface area (Å²) in [7, 11) is 0. The van der Waals surface area contributed by atoms with Crippen molar-refractivity contribution in [3.63, 3.8) is 0 Å². The van der Waals surface area contributed by atoms with Gasteiger partial charge in [-0.3, -0.25) is 14.4 Å².